The van der Waals surface area contributed by atoms with Crippen molar-refractivity contribution in [3.05, 3.63) is 82.2 Å². The lowest BCUT2D eigenvalue weighted by Crippen LogP contribution is -3.08. The van der Waals surface area contributed by atoms with E-state index in [1.54, 1.807) is 29.7 Å². The second kappa shape index (κ2) is 8.09. The molecule has 0 saturated heterocycles. The van der Waals surface area contributed by atoms with Gasteiger partial charge in [-0.1, -0.05) is 18.2 Å². The number of quaternary nitrogens is 1. The summed E-state index contributed by atoms with van der Waals surface area (Å²) in [4.78, 5) is 14.5. The van der Waals surface area contributed by atoms with E-state index in [0.29, 0.717) is 13.1 Å². The molecule has 6 heteroatoms. The number of furan rings is 1. The van der Waals surface area contributed by atoms with Crippen molar-refractivity contribution in [1.82, 2.24) is 5.32 Å². The predicted molar refractivity (Wildman–Crippen MR) is 94.9 cm³/mol. The molecule has 2 N–H and O–H groups in total. The van der Waals surface area contributed by atoms with Gasteiger partial charge in [-0.05, 0) is 41.3 Å². The SMILES string of the molecule is C[NH+](CC(=O)N[C@H](c1ccc(F)cc1)c1cccs1)Cc1ccco1. The molecule has 0 bridgehead atoms. The van der Waals surface area contributed by atoms with Crippen LogP contribution in [0.4, 0.5) is 4.39 Å². The van der Waals surface area contributed by atoms with Gasteiger partial charge in [0.15, 0.2) is 12.3 Å². The van der Waals surface area contributed by atoms with Crippen molar-refractivity contribution in [3.63, 3.8) is 0 Å². The van der Waals surface area contributed by atoms with E-state index in [0.717, 1.165) is 21.1 Å². The fraction of sp³-hybridized carbons (Fsp3) is 0.211. The molecule has 1 amide bonds. The maximum absolute atomic E-state index is 13.2. The Morgan fingerprint density at radius 1 is 1.24 bits per heavy atom. The van der Waals surface area contributed by atoms with Crippen LogP contribution in [0.2, 0.25) is 0 Å². The molecule has 0 aliphatic heterocycles. The number of likely N-dealkylation sites (N-methyl/N-ethyl adjacent to an activating group) is 1. The third-order valence-corrected chi connectivity index (χ3v) is 4.79. The van der Waals surface area contributed by atoms with Gasteiger partial charge in [0.05, 0.1) is 19.4 Å². The zero-order chi connectivity index (χ0) is 17.6. The van der Waals surface area contributed by atoms with Crippen LogP contribution in [-0.2, 0) is 11.3 Å². The first-order chi connectivity index (χ1) is 12.1. The van der Waals surface area contributed by atoms with Crippen LogP contribution in [0.15, 0.2) is 64.6 Å². The molecule has 3 rings (SSSR count). The van der Waals surface area contributed by atoms with Crippen LogP contribution in [0.5, 0.6) is 0 Å². The molecule has 2 aromatic heterocycles. The summed E-state index contributed by atoms with van der Waals surface area (Å²) in [7, 11) is 1.94. The highest BCUT2D eigenvalue weighted by Crippen LogP contribution is 2.26. The number of nitrogens with one attached hydrogen (secondary N) is 2. The molecule has 4 nitrogen and oxygen atoms in total. The van der Waals surface area contributed by atoms with Crippen molar-refractivity contribution in [2.24, 2.45) is 0 Å². The summed E-state index contributed by atoms with van der Waals surface area (Å²) in [6, 6.07) is 13.6. The number of benzene rings is 1. The molecule has 0 fully saturated rings. The number of amides is 1. The highest BCUT2D eigenvalue weighted by atomic mass is 32.1. The molecule has 1 unspecified atom stereocenters. The Hall–Kier alpha value is -2.44. The lowest BCUT2D eigenvalue weighted by atomic mass is 10.1. The van der Waals surface area contributed by atoms with Gasteiger partial charge in [0.1, 0.15) is 12.4 Å². The predicted octanol–water partition coefficient (Wildman–Crippen LogP) is 2.40. The summed E-state index contributed by atoms with van der Waals surface area (Å²) in [6.45, 7) is 0.963. The Morgan fingerprint density at radius 3 is 2.68 bits per heavy atom. The van der Waals surface area contributed by atoms with Crippen molar-refractivity contribution in [2.75, 3.05) is 13.6 Å². The minimum absolute atomic E-state index is 0.0632. The van der Waals surface area contributed by atoms with Gasteiger partial charge in [0.25, 0.3) is 5.91 Å². The number of hydrogen-bond acceptors (Lipinski definition) is 3. The average Bonchev–Trinajstić information content (AvgIpc) is 3.27. The maximum Gasteiger partial charge on any atom is 0.275 e. The lowest BCUT2D eigenvalue weighted by Gasteiger charge is -2.19. The minimum Gasteiger partial charge on any atom is -0.463 e. The summed E-state index contributed by atoms with van der Waals surface area (Å²) in [6.07, 6.45) is 1.63. The van der Waals surface area contributed by atoms with E-state index in [1.807, 2.05) is 36.7 Å². The van der Waals surface area contributed by atoms with Crippen LogP contribution >= 0.6 is 11.3 Å². The molecular formula is C19H20FN2O2S+. The van der Waals surface area contributed by atoms with Crippen LogP contribution in [-0.4, -0.2) is 19.5 Å². The minimum atomic E-state index is -0.289. The number of thiophene rings is 1. The van der Waals surface area contributed by atoms with Gasteiger partial charge in [0, 0.05) is 4.88 Å². The highest BCUT2D eigenvalue weighted by molar-refractivity contribution is 7.10. The second-order valence-corrected chi connectivity index (χ2v) is 6.94. The quantitative estimate of drug-likeness (QED) is 0.681. The largest absolute Gasteiger partial charge is 0.463 e. The Labute approximate surface area is 149 Å². The van der Waals surface area contributed by atoms with Gasteiger partial charge in [-0.2, -0.15) is 0 Å². The van der Waals surface area contributed by atoms with Crippen molar-refractivity contribution < 1.29 is 18.5 Å². The molecule has 2 atom stereocenters. The molecule has 3 aromatic rings. The van der Waals surface area contributed by atoms with Crippen molar-refractivity contribution in [2.45, 2.75) is 12.6 Å². The molecule has 0 aliphatic carbocycles. The Balaban J connectivity index is 1.67. The van der Waals surface area contributed by atoms with Crippen LogP contribution in [0.3, 0.4) is 0 Å². The highest BCUT2D eigenvalue weighted by Gasteiger charge is 2.20. The first-order valence-electron chi connectivity index (χ1n) is 8.04. The summed E-state index contributed by atoms with van der Waals surface area (Å²) >= 11 is 1.56. The second-order valence-electron chi connectivity index (χ2n) is 5.96. The number of halogens is 1. The molecule has 0 radical (unpaired) electrons. The van der Waals surface area contributed by atoms with Gasteiger partial charge in [-0.25, -0.2) is 4.39 Å². The van der Waals surface area contributed by atoms with Gasteiger partial charge < -0.3 is 14.6 Å². The van der Waals surface area contributed by atoms with E-state index in [1.165, 1.54) is 12.1 Å². The Bertz CT molecular complexity index is 785. The number of rotatable bonds is 7. The molecular weight excluding hydrogens is 339 g/mol. The summed E-state index contributed by atoms with van der Waals surface area (Å²) in [5.74, 6) is 0.494. The third-order valence-electron chi connectivity index (χ3n) is 3.85. The van der Waals surface area contributed by atoms with E-state index in [2.05, 4.69) is 5.32 Å². The molecule has 130 valence electrons. The average molecular weight is 359 g/mol. The first kappa shape index (κ1) is 17.4. The molecule has 1 aromatic carbocycles. The van der Waals surface area contributed by atoms with Crippen molar-refractivity contribution in [3.8, 4) is 0 Å². The van der Waals surface area contributed by atoms with E-state index in [4.69, 9.17) is 4.42 Å². The normalized spacial score (nSPS) is 13.4. The van der Waals surface area contributed by atoms with Gasteiger partial charge >= 0.3 is 0 Å². The topological polar surface area (TPSA) is 46.7 Å². The van der Waals surface area contributed by atoms with Crippen LogP contribution < -0.4 is 10.2 Å². The monoisotopic (exact) mass is 359 g/mol. The van der Waals surface area contributed by atoms with E-state index < -0.39 is 0 Å². The molecule has 2 heterocycles. The molecule has 0 aliphatic rings. The fourth-order valence-electron chi connectivity index (χ4n) is 2.69. The number of hydrogen-bond donors (Lipinski definition) is 2. The van der Waals surface area contributed by atoms with Crippen LogP contribution in [0, 0.1) is 5.82 Å². The molecule has 0 saturated carbocycles. The number of carbonyl (C=O) groups excluding carboxylic acids is 1. The summed E-state index contributed by atoms with van der Waals surface area (Å²) < 4.78 is 18.5. The first-order valence-corrected chi connectivity index (χ1v) is 8.91. The Morgan fingerprint density at radius 2 is 2.04 bits per heavy atom. The molecule has 25 heavy (non-hydrogen) atoms. The van der Waals surface area contributed by atoms with E-state index >= 15 is 0 Å². The van der Waals surface area contributed by atoms with Gasteiger partial charge in [0.2, 0.25) is 0 Å². The van der Waals surface area contributed by atoms with Crippen LogP contribution in [0.1, 0.15) is 22.2 Å². The standard InChI is InChI=1S/C19H19FN2O2S/c1-22(12-16-4-2-10-24-16)13-18(23)21-19(17-5-3-11-25-17)14-6-8-15(20)9-7-14/h2-11,19H,12-13H2,1H3,(H,21,23)/p+1/t19-/m1/s1. The Kier molecular flexibility index (Phi) is 5.63. The van der Waals surface area contributed by atoms with Gasteiger partial charge in [-0.15, -0.1) is 11.3 Å². The summed E-state index contributed by atoms with van der Waals surface area (Å²) in [5, 5.41) is 5.03. The smallest absolute Gasteiger partial charge is 0.275 e. The summed E-state index contributed by atoms with van der Waals surface area (Å²) in [5.41, 5.74) is 0.862. The fourth-order valence-corrected chi connectivity index (χ4v) is 3.49. The maximum atomic E-state index is 13.2. The zero-order valence-electron chi connectivity index (χ0n) is 13.9. The molecule has 0 spiro atoms. The van der Waals surface area contributed by atoms with E-state index in [-0.39, 0.29) is 17.8 Å². The van der Waals surface area contributed by atoms with Crippen LogP contribution in [0.25, 0.3) is 0 Å². The zero-order valence-corrected chi connectivity index (χ0v) is 14.7. The van der Waals surface area contributed by atoms with Gasteiger partial charge in [-0.3, -0.25) is 4.79 Å². The lowest BCUT2D eigenvalue weighted by molar-refractivity contribution is -0.886. The third kappa shape index (κ3) is 4.78. The van der Waals surface area contributed by atoms with Crippen molar-refractivity contribution in [1.29, 1.82) is 0 Å². The number of carbonyl (C=O) groups is 1. The van der Waals surface area contributed by atoms with E-state index in [9.17, 15) is 9.18 Å². The van der Waals surface area contributed by atoms with Crippen molar-refractivity contribution >= 4 is 17.2 Å².